The summed E-state index contributed by atoms with van der Waals surface area (Å²) in [5, 5.41) is 10.6. The van der Waals surface area contributed by atoms with E-state index in [1.807, 2.05) is 0 Å². The second-order valence-electron chi connectivity index (χ2n) is 26.1. The van der Waals surface area contributed by atoms with E-state index < -0.39 is 97.5 Å². The van der Waals surface area contributed by atoms with Gasteiger partial charge in [0, 0.05) is 25.7 Å². The zero-order valence-electron chi connectivity index (χ0n) is 55.9. The fourth-order valence-electron chi connectivity index (χ4n) is 9.96. The quantitative estimate of drug-likeness (QED) is 0.0222. The Morgan fingerprint density at radius 2 is 0.488 bits per heavy atom. The van der Waals surface area contributed by atoms with Crippen LogP contribution in [0.1, 0.15) is 325 Å². The van der Waals surface area contributed by atoms with Crippen molar-refractivity contribution in [2.75, 3.05) is 39.6 Å². The van der Waals surface area contributed by atoms with Gasteiger partial charge in [-0.3, -0.25) is 37.3 Å². The first-order valence-corrected chi connectivity index (χ1v) is 37.7. The minimum atomic E-state index is -4.95. The lowest BCUT2D eigenvalue weighted by Crippen LogP contribution is -2.30. The van der Waals surface area contributed by atoms with Crippen LogP contribution in [0, 0.1) is 23.7 Å². The summed E-state index contributed by atoms with van der Waals surface area (Å²) < 4.78 is 68.1. The lowest BCUT2D eigenvalue weighted by Gasteiger charge is -2.21. The highest BCUT2D eigenvalue weighted by atomic mass is 31.2. The Morgan fingerprint density at radius 1 is 0.291 bits per heavy atom. The Balaban J connectivity index is 5.25. The molecule has 17 nitrogen and oxygen atoms in total. The molecule has 0 radical (unpaired) electrons. The Hall–Kier alpha value is -1.94. The SMILES string of the molecule is CC(C)CCCCCCCCCCCCCC(=O)O[C@H](COC(=O)CCCCCCCCCCCCC(C)C)COP(=O)(O)OC[C@@H](O)COP(=O)(O)OC[C@@H](COC(=O)CCCCCCCCC(C)C)OC(=O)CCCCCCCCCC(C)C. The maximum absolute atomic E-state index is 13.0. The molecule has 0 spiro atoms. The van der Waals surface area contributed by atoms with E-state index >= 15 is 0 Å². The highest BCUT2D eigenvalue weighted by Gasteiger charge is 2.30. The monoisotopic (exact) mass is 1270 g/mol. The van der Waals surface area contributed by atoms with E-state index in [1.54, 1.807) is 0 Å². The highest BCUT2D eigenvalue weighted by molar-refractivity contribution is 7.47. The molecule has 0 bridgehead atoms. The molecule has 0 aliphatic carbocycles. The second-order valence-corrected chi connectivity index (χ2v) is 29.0. The first-order valence-electron chi connectivity index (χ1n) is 34.7. The van der Waals surface area contributed by atoms with E-state index in [2.05, 4.69) is 55.4 Å². The van der Waals surface area contributed by atoms with Crippen molar-refractivity contribution in [2.45, 2.75) is 343 Å². The first-order chi connectivity index (χ1) is 41.1. The van der Waals surface area contributed by atoms with Gasteiger partial charge in [-0.05, 0) is 49.4 Å². The maximum Gasteiger partial charge on any atom is 0.472 e. The molecule has 0 heterocycles. The first kappa shape index (κ1) is 84.1. The van der Waals surface area contributed by atoms with Crippen LogP contribution >= 0.6 is 15.6 Å². The molecule has 3 N–H and O–H groups in total. The molecule has 510 valence electrons. The van der Waals surface area contributed by atoms with E-state index in [0.29, 0.717) is 37.5 Å². The van der Waals surface area contributed by atoms with Crippen LogP contribution in [0.25, 0.3) is 0 Å². The fourth-order valence-corrected chi connectivity index (χ4v) is 11.5. The normalized spacial score (nSPS) is 14.4. The van der Waals surface area contributed by atoms with Crippen molar-refractivity contribution in [3.05, 3.63) is 0 Å². The van der Waals surface area contributed by atoms with Crippen molar-refractivity contribution < 1.29 is 80.2 Å². The average molecular weight is 1270 g/mol. The number of rotatable bonds is 64. The van der Waals surface area contributed by atoms with E-state index in [9.17, 15) is 43.2 Å². The molecule has 19 heteroatoms. The Kier molecular flexibility index (Phi) is 55.7. The van der Waals surface area contributed by atoms with Gasteiger partial charge in [0.15, 0.2) is 12.2 Å². The number of hydrogen-bond acceptors (Lipinski definition) is 15. The highest BCUT2D eigenvalue weighted by Crippen LogP contribution is 2.45. The summed E-state index contributed by atoms with van der Waals surface area (Å²) >= 11 is 0. The number of unbranched alkanes of at least 4 members (excludes halogenated alkanes) is 30. The third-order valence-corrected chi connectivity index (χ3v) is 17.2. The summed E-state index contributed by atoms with van der Waals surface area (Å²) in [5.74, 6) is 0.762. The van der Waals surface area contributed by atoms with Gasteiger partial charge >= 0.3 is 39.5 Å². The van der Waals surface area contributed by atoms with Crippen LogP contribution in [-0.2, 0) is 65.4 Å². The van der Waals surface area contributed by atoms with Gasteiger partial charge in [0.2, 0.25) is 0 Å². The van der Waals surface area contributed by atoms with Crippen LogP contribution in [0.2, 0.25) is 0 Å². The molecular weight excluding hydrogens is 1140 g/mol. The minimum absolute atomic E-state index is 0.102. The van der Waals surface area contributed by atoms with Gasteiger partial charge in [0.05, 0.1) is 26.4 Å². The standard InChI is InChI=1S/C67H130O17P2/c1-57(2)43-35-27-19-14-10-9-11-17-23-33-41-49-66(71)83-62(53-77-64(69)47-39-31-22-16-13-12-15-20-28-36-44-58(3)4)55-81-85(73,74)79-51-61(68)52-80-86(75,76)82-56-63(54-78-65(70)48-40-32-26-25-30-38-46-60(7)8)84-67(72)50-42-34-24-18-21-29-37-45-59(5)6/h57-63,68H,9-56H2,1-8H3,(H,73,74)(H,75,76)/t61-,62-,63-/m1/s1. The van der Waals surface area contributed by atoms with Crippen LogP contribution < -0.4 is 0 Å². The van der Waals surface area contributed by atoms with Crippen molar-refractivity contribution in [3.63, 3.8) is 0 Å². The number of aliphatic hydroxyl groups excluding tert-OH is 1. The number of hydrogen-bond donors (Lipinski definition) is 3. The van der Waals surface area contributed by atoms with Crippen molar-refractivity contribution >= 4 is 39.5 Å². The smallest absolute Gasteiger partial charge is 0.462 e. The predicted octanol–water partition coefficient (Wildman–Crippen LogP) is 18.5. The Bertz CT molecular complexity index is 1710. The van der Waals surface area contributed by atoms with E-state index in [-0.39, 0.29) is 25.7 Å². The van der Waals surface area contributed by atoms with Crippen LogP contribution in [0.3, 0.4) is 0 Å². The third-order valence-electron chi connectivity index (χ3n) is 15.3. The molecule has 0 aliphatic rings. The molecule has 0 fully saturated rings. The summed E-state index contributed by atoms with van der Waals surface area (Å²) in [6.45, 7) is 14.0. The van der Waals surface area contributed by atoms with Gasteiger partial charge in [0.25, 0.3) is 0 Å². The predicted molar refractivity (Wildman–Crippen MR) is 344 cm³/mol. The van der Waals surface area contributed by atoms with Gasteiger partial charge in [-0.15, -0.1) is 0 Å². The molecule has 0 saturated carbocycles. The van der Waals surface area contributed by atoms with Gasteiger partial charge in [0.1, 0.15) is 19.3 Å². The fraction of sp³-hybridized carbons (Fsp3) is 0.940. The summed E-state index contributed by atoms with van der Waals surface area (Å²) in [7, 11) is -9.89. The van der Waals surface area contributed by atoms with Crippen LogP contribution in [-0.4, -0.2) is 96.7 Å². The van der Waals surface area contributed by atoms with Crippen molar-refractivity contribution in [2.24, 2.45) is 23.7 Å². The molecule has 86 heavy (non-hydrogen) atoms. The van der Waals surface area contributed by atoms with Gasteiger partial charge in [-0.25, -0.2) is 9.13 Å². The molecule has 0 amide bonds. The Labute approximate surface area is 524 Å². The topological polar surface area (TPSA) is 237 Å². The largest absolute Gasteiger partial charge is 0.472 e. The molecular formula is C67H130O17P2. The molecule has 0 saturated heterocycles. The minimum Gasteiger partial charge on any atom is -0.462 e. The zero-order chi connectivity index (χ0) is 63.9. The lowest BCUT2D eigenvalue weighted by molar-refractivity contribution is -0.161. The molecule has 0 aromatic carbocycles. The molecule has 0 aromatic rings. The molecule has 0 aliphatic heterocycles. The number of esters is 4. The number of ether oxygens (including phenoxy) is 4. The van der Waals surface area contributed by atoms with Gasteiger partial charge < -0.3 is 33.8 Å². The summed E-state index contributed by atoms with van der Waals surface area (Å²) in [6.07, 6.45) is 37.8. The van der Waals surface area contributed by atoms with Crippen molar-refractivity contribution in [1.29, 1.82) is 0 Å². The molecule has 0 rings (SSSR count). The van der Waals surface area contributed by atoms with E-state index in [0.717, 1.165) is 108 Å². The van der Waals surface area contributed by atoms with Crippen molar-refractivity contribution in [3.8, 4) is 0 Å². The van der Waals surface area contributed by atoms with Gasteiger partial charge in [-0.1, -0.05) is 274 Å². The Morgan fingerprint density at radius 3 is 0.721 bits per heavy atom. The zero-order valence-corrected chi connectivity index (χ0v) is 57.7. The number of carbonyl (C=O) groups excluding carboxylic acids is 4. The maximum atomic E-state index is 13.0. The average Bonchev–Trinajstić information content (AvgIpc) is 3.53. The summed E-state index contributed by atoms with van der Waals surface area (Å²) in [5.41, 5.74) is 0. The van der Waals surface area contributed by atoms with Gasteiger partial charge in [-0.2, -0.15) is 0 Å². The number of carbonyl (C=O) groups is 4. The molecule has 5 atom stereocenters. The van der Waals surface area contributed by atoms with Crippen LogP contribution in [0.4, 0.5) is 0 Å². The summed E-state index contributed by atoms with van der Waals surface area (Å²) in [4.78, 5) is 72.3. The molecule has 0 aromatic heterocycles. The number of phosphoric acid groups is 2. The van der Waals surface area contributed by atoms with E-state index in [4.69, 9.17) is 37.0 Å². The van der Waals surface area contributed by atoms with Crippen LogP contribution in [0.5, 0.6) is 0 Å². The lowest BCUT2D eigenvalue weighted by atomic mass is 10.0. The number of aliphatic hydroxyl groups is 1. The van der Waals surface area contributed by atoms with Crippen LogP contribution in [0.15, 0.2) is 0 Å². The number of phosphoric ester groups is 2. The molecule has 2 unspecified atom stereocenters. The van der Waals surface area contributed by atoms with Crippen molar-refractivity contribution in [1.82, 2.24) is 0 Å². The third kappa shape index (κ3) is 60.9. The summed E-state index contributed by atoms with van der Waals surface area (Å²) in [6, 6.07) is 0. The second kappa shape index (κ2) is 57.0. The van der Waals surface area contributed by atoms with E-state index in [1.165, 1.54) is 122 Å².